The Bertz CT molecular complexity index is 240. The van der Waals surface area contributed by atoms with Crippen LogP contribution in [0.2, 0.25) is 0 Å². The van der Waals surface area contributed by atoms with Crippen LogP contribution in [0, 0.1) is 5.82 Å². The number of ether oxygens (including phenoxy) is 1. The van der Waals surface area contributed by atoms with Crippen LogP contribution in [0.3, 0.4) is 0 Å². The fraction of sp³-hybridized carbons (Fsp3) is 0.400. The molecule has 0 aliphatic rings. The van der Waals surface area contributed by atoms with E-state index in [1.54, 1.807) is 12.1 Å². The van der Waals surface area contributed by atoms with E-state index in [-0.39, 0.29) is 18.2 Å². The maximum absolute atomic E-state index is 12.5. The average Bonchev–Trinajstić information content (AvgIpc) is 2.15. The minimum Gasteiger partial charge on any atom is -0.494 e. The van der Waals surface area contributed by atoms with Crippen LogP contribution in [-0.4, -0.2) is 13.2 Å². The second-order valence-electron chi connectivity index (χ2n) is 2.80. The fourth-order valence-corrected chi connectivity index (χ4v) is 0.967. The molecule has 0 saturated carbocycles. The van der Waals surface area contributed by atoms with Gasteiger partial charge in [0.1, 0.15) is 11.6 Å². The van der Waals surface area contributed by atoms with Gasteiger partial charge in [-0.05, 0) is 43.7 Å². The first-order chi connectivity index (χ1) is 6.33. The van der Waals surface area contributed by atoms with Gasteiger partial charge in [0.2, 0.25) is 0 Å². The first-order valence-corrected chi connectivity index (χ1v) is 4.41. The van der Waals surface area contributed by atoms with Crippen LogP contribution < -0.4 is 10.5 Å². The molecule has 1 rings (SSSR count). The summed E-state index contributed by atoms with van der Waals surface area (Å²) in [5, 5.41) is 0. The van der Waals surface area contributed by atoms with E-state index < -0.39 is 0 Å². The van der Waals surface area contributed by atoms with Crippen molar-refractivity contribution in [2.75, 3.05) is 13.2 Å². The molecule has 80 valence electrons. The molecule has 2 nitrogen and oxygen atoms in total. The maximum Gasteiger partial charge on any atom is 0.123 e. The molecule has 1 aromatic rings. The Morgan fingerprint density at radius 3 is 2.36 bits per heavy atom. The minimum absolute atomic E-state index is 0. The summed E-state index contributed by atoms with van der Waals surface area (Å²) in [6.07, 6.45) is 1.90. The van der Waals surface area contributed by atoms with Crippen LogP contribution in [0.15, 0.2) is 24.3 Å². The standard InChI is InChI=1S/C10H14FNO.ClH/c11-9-3-5-10(6-4-9)13-8-2-1-7-12;/h3-6H,1-2,7-8,12H2;1H. The van der Waals surface area contributed by atoms with Gasteiger partial charge in [-0.2, -0.15) is 0 Å². The Morgan fingerprint density at radius 2 is 1.79 bits per heavy atom. The molecule has 0 fully saturated rings. The van der Waals surface area contributed by atoms with Crippen LogP contribution in [0.5, 0.6) is 5.75 Å². The Morgan fingerprint density at radius 1 is 1.14 bits per heavy atom. The molecule has 4 heteroatoms. The van der Waals surface area contributed by atoms with E-state index in [1.165, 1.54) is 12.1 Å². The van der Waals surface area contributed by atoms with Gasteiger partial charge in [-0.1, -0.05) is 0 Å². The van der Waals surface area contributed by atoms with Crippen molar-refractivity contribution in [3.63, 3.8) is 0 Å². The van der Waals surface area contributed by atoms with Gasteiger partial charge in [0.25, 0.3) is 0 Å². The summed E-state index contributed by atoms with van der Waals surface area (Å²) in [6.45, 7) is 1.33. The van der Waals surface area contributed by atoms with E-state index in [1.807, 2.05) is 0 Å². The summed E-state index contributed by atoms with van der Waals surface area (Å²) in [6, 6.07) is 6.02. The number of benzene rings is 1. The highest BCUT2D eigenvalue weighted by Gasteiger charge is 1.93. The van der Waals surface area contributed by atoms with E-state index in [4.69, 9.17) is 10.5 Å². The second-order valence-corrected chi connectivity index (χ2v) is 2.80. The van der Waals surface area contributed by atoms with E-state index in [0.717, 1.165) is 12.8 Å². The quantitative estimate of drug-likeness (QED) is 0.772. The third-order valence-corrected chi connectivity index (χ3v) is 1.68. The van der Waals surface area contributed by atoms with Crippen LogP contribution in [0.4, 0.5) is 4.39 Å². The lowest BCUT2D eigenvalue weighted by molar-refractivity contribution is 0.307. The third kappa shape index (κ3) is 5.04. The zero-order chi connectivity index (χ0) is 9.52. The molecule has 0 amide bonds. The first-order valence-electron chi connectivity index (χ1n) is 4.41. The Hall–Kier alpha value is -0.800. The van der Waals surface area contributed by atoms with Gasteiger partial charge in [-0.15, -0.1) is 12.4 Å². The largest absolute Gasteiger partial charge is 0.494 e. The first kappa shape index (κ1) is 13.2. The van der Waals surface area contributed by atoms with Crippen molar-refractivity contribution in [3.8, 4) is 5.75 Å². The highest BCUT2D eigenvalue weighted by molar-refractivity contribution is 5.85. The van der Waals surface area contributed by atoms with Gasteiger partial charge in [-0.25, -0.2) is 4.39 Å². The Kier molecular flexibility index (Phi) is 7.16. The van der Waals surface area contributed by atoms with Gasteiger partial charge in [0.15, 0.2) is 0 Å². The molecule has 2 N–H and O–H groups in total. The van der Waals surface area contributed by atoms with E-state index in [0.29, 0.717) is 18.9 Å². The van der Waals surface area contributed by atoms with Crippen molar-refractivity contribution >= 4 is 12.4 Å². The van der Waals surface area contributed by atoms with Crippen molar-refractivity contribution in [2.24, 2.45) is 5.73 Å². The van der Waals surface area contributed by atoms with E-state index in [9.17, 15) is 4.39 Å². The summed E-state index contributed by atoms with van der Waals surface area (Å²) in [5.74, 6) is 0.465. The summed E-state index contributed by atoms with van der Waals surface area (Å²) in [7, 11) is 0. The van der Waals surface area contributed by atoms with Crippen LogP contribution in [-0.2, 0) is 0 Å². The number of hydrogen-bond acceptors (Lipinski definition) is 2. The van der Waals surface area contributed by atoms with Crippen molar-refractivity contribution in [2.45, 2.75) is 12.8 Å². The number of rotatable bonds is 5. The molecule has 0 unspecified atom stereocenters. The molecule has 0 aliphatic heterocycles. The van der Waals surface area contributed by atoms with Crippen LogP contribution in [0.1, 0.15) is 12.8 Å². The monoisotopic (exact) mass is 219 g/mol. The SMILES string of the molecule is Cl.NCCCCOc1ccc(F)cc1. The number of hydrogen-bond donors (Lipinski definition) is 1. The second kappa shape index (κ2) is 7.59. The topological polar surface area (TPSA) is 35.2 Å². The maximum atomic E-state index is 12.5. The number of unbranched alkanes of at least 4 members (excludes halogenated alkanes) is 1. The van der Waals surface area contributed by atoms with Gasteiger partial charge >= 0.3 is 0 Å². The molecule has 0 aromatic heterocycles. The predicted octanol–water partition coefficient (Wildman–Crippen LogP) is 2.37. The molecule has 14 heavy (non-hydrogen) atoms. The van der Waals surface area contributed by atoms with Crippen molar-refractivity contribution in [1.29, 1.82) is 0 Å². The Balaban J connectivity index is 0.00000169. The van der Waals surface area contributed by atoms with Gasteiger partial charge in [0.05, 0.1) is 6.61 Å². The summed E-state index contributed by atoms with van der Waals surface area (Å²) >= 11 is 0. The van der Waals surface area contributed by atoms with Crippen molar-refractivity contribution in [3.05, 3.63) is 30.1 Å². The molecule has 0 radical (unpaired) electrons. The normalized spacial score (nSPS) is 9.29. The Labute approximate surface area is 89.7 Å². The van der Waals surface area contributed by atoms with Crippen LogP contribution >= 0.6 is 12.4 Å². The molecule has 0 aliphatic carbocycles. The average molecular weight is 220 g/mol. The minimum atomic E-state index is -0.241. The van der Waals surface area contributed by atoms with Gasteiger partial charge in [0, 0.05) is 0 Å². The molecule has 0 spiro atoms. The highest BCUT2D eigenvalue weighted by Crippen LogP contribution is 2.11. The third-order valence-electron chi connectivity index (χ3n) is 1.68. The lowest BCUT2D eigenvalue weighted by Gasteiger charge is -2.04. The summed E-state index contributed by atoms with van der Waals surface area (Å²) < 4.78 is 17.8. The zero-order valence-electron chi connectivity index (χ0n) is 7.91. The van der Waals surface area contributed by atoms with E-state index in [2.05, 4.69) is 0 Å². The summed E-state index contributed by atoms with van der Waals surface area (Å²) in [5.41, 5.74) is 5.32. The number of halogens is 2. The molecular formula is C10H15ClFNO. The van der Waals surface area contributed by atoms with Gasteiger partial charge < -0.3 is 10.5 Å². The van der Waals surface area contributed by atoms with Crippen molar-refractivity contribution < 1.29 is 9.13 Å². The zero-order valence-corrected chi connectivity index (χ0v) is 8.73. The molecule has 0 saturated heterocycles. The smallest absolute Gasteiger partial charge is 0.123 e. The predicted molar refractivity (Wildman–Crippen MR) is 57.4 cm³/mol. The van der Waals surface area contributed by atoms with Gasteiger partial charge in [-0.3, -0.25) is 0 Å². The fourth-order valence-electron chi connectivity index (χ4n) is 0.967. The lowest BCUT2D eigenvalue weighted by atomic mass is 10.3. The number of nitrogens with two attached hydrogens (primary N) is 1. The molecule has 0 atom stereocenters. The molecular weight excluding hydrogens is 205 g/mol. The highest BCUT2D eigenvalue weighted by atomic mass is 35.5. The summed E-state index contributed by atoms with van der Waals surface area (Å²) in [4.78, 5) is 0. The molecule has 0 bridgehead atoms. The van der Waals surface area contributed by atoms with Crippen LogP contribution in [0.25, 0.3) is 0 Å². The molecule has 0 heterocycles. The lowest BCUT2D eigenvalue weighted by Crippen LogP contribution is -2.03. The van der Waals surface area contributed by atoms with Crippen molar-refractivity contribution in [1.82, 2.24) is 0 Å². The molecule has 1 aromatic carbocycles. The van der Waals surface area contributed by atoms with E-state index >= 15 is 0 Å².